The Labute approximate surface area is 110 Å². The van der Waals surface area contributed by atoms with Crippen molar-refractivity contribution in [3.8, 4) is 0 Å². The van der Waals surface area contributed by atoms with Crippen LogP contribution < -0.4 is 0 Å². The monoisotopic (exact) mass is 269 g/mol. The molecule has 90 valence electrons. The summed E-state index contributed by atoms with van der Waals surface area (Å²) in [5.74, 6) is 0. The third kappa shape index (κ3) is 1.85. The fourth-order valence-corrected chi connectivity index (χ4v) is 2.61. The number of aryl methyl sites for hydroxylation is 2. The fourth-order valence-electron chi connectivity index (χ4n) is 2.14. The molecule has 2 rings (SSSR count). The zero-order valence-corrected chi connectivity index (χ0v) is 11.3. The zero-order valence-electron chi connectivity index (χ0n) is 9.76. The Balaban J connectivity index is 2.91. The van der Waals surface area contributed by atoms with E-state index >= 15 is 0 Å². The molecule has 0 saturated carbocycles. The topological polar surface area (TPSA) is 22.0 Å². The number of aromatic nitrogens is 1. The van der Waals surface area contributed by atoms with Gasteiger partial charge in [-0.3, -0.25) is 4.79 Å². The molecule has 0 bridgehead atoms. The summed E-state index contributed by atoms with van der Waals surface area (Å²) in [7, 11) is 0. The molecule has 2 aromatic rings. The first-order valence-electron chi connectivity index (χ1n) is 5.53. The highest BCUT2D eigenvalue weighted by Gasteiger charge is 2.17. The molecule has 0 aliphatic rings. The van der Waals surface area contributed by atoms with Gasteiger partial charge >= 0.3 is 0 Å². The van der Waals surface area contributed by atoms with E-state index in [1.807, 2.05) is 17.6 Å². The van der Waals surface area contributed by atoms with Gasteiger partial charge in [0.15, 0.2) is 6.29 Å². The summed E-state index contributed by atoms with van der Waals surface area (Å²) in [6.45, 7) is 4.80. The second-order valence-electron chi connectivity index (χ2n) is 4.04. The van der Waals surface area contributed by atoms with E-state index in [2.05, 4.69) is 6.92 Å². The molecule has 0 unspecified atom stereocenters. The van der Waals surface area contributed by atoms with E-state index in [9.17, 15) is 4.79 Å². The molecule has 0 radical (unpaired) electrons. The summed E-state index contributed by atoms with van der Waals surface area (Å²) >= 11 is 12.4. The van der Waals surface area contributed by atoms with Crippen LogP contribution in [0.3, 0.4) is 0 Å². The van der Waals surface area contributed by atoms with E-state index in [1.54, 1.807) is 6.07 Å². The SMILES string of the molecule is CCCn1c(Cl)c(C=O)c2ccc(Cl)c(C)c21. The van der Waals surface area contributed by atoms with Gasteiger partial charge in [0.05, 0.1) is 11.1 Å². The maximum Gasteiger partial charge on any atom is 0.153 e. The van der Waals surface area contributed by atoms with Gasteiger partial charge < -0.3 is 4.57 Å². The van der Waals surface area contributed by atoms with Crippen molar-refractivity contribution < 1.29 is 4.79 Å². The Hall–Kier alpha value is -0.990. The Morgan fingerprint density at radius 1 is 1.35 bits per heavy atom. The van der Waals surface area contributed by atoms with Crippen LogP contribution in [-0.2, 0) is 6.54 Å². The second-order valence-corrected chi connectivity index (χ2v) is 4.81. The summed E-state index contributed by atoms with van der Waals surface area (Å²) in [6, 6.07) is 3.66. The largest absolute Gasteiger partial charge is 0.331 e. The Morgan fingerprint density at radius 2 is 2.06 bits per heavy atom. The van der Waals surface area contributed by atoms with Gasteiger partial charge in [-0.05, 0) is 25.0 Å². The molecule has 0 spiro atoms. The van der Waals surface area contributed by atoms with Crippen LogP contribution in [-0.4, -0.2) is 10.9 Å². The predicted octanol–water partition coefficient (Wildman–Crippen LogP) is 4.48. The van der Waals surface area contributed by atoms with E-state index < -0.39 is 0 Å². The smallest absolute Gasteiger partial charge is 0.153 e. The summed E-state index contributed by atoms with van der Waals surface area (Å²) in [5.41, 5.74) is 2.48. The van der Waals surface area contributed by atoms with Gasteiger partial charge in [0.1, 0.15) is 5.15 Å². The first-order valence-corrected chi connectivity index (χ1v) is 6.29. The highest BCUT2D eigenvalue weighted by molar-refractivity contribution is 6.35. The molecule has 4 heteroatoms. The minimum Gasteiger partial charge on any atom is -0.331 e. The summed E-state index contributed by atoms with van der Waals surface area (Å²) in [5, 5.41) is 2.07. The van der Waals surface area contributed by atoms with Crippen molar-refractivity contribution in [2.45, 2.75) is 26.8 Å². The molecule has 0 atom stereocenters. The number of rotatable bonds is 3. The molecule has 2 nitrogen and oxygen atoms in total. The maximum atomic E-state index is 11.1. The van der Waals surface area contributed by atoms with Crippen molar-refractivity contribution >= 4 is 40.4 Å². The average molecular weight is 270 g/mol. The van der Waals surface area contributed by atoms with E-state index in [4.69, 9.17) is 23.2 Å². The summed E-state index contributed by atoms with van der Waals surface area (Å²) in [4.78, 5) is 11.1. The summed E-state index contributed by atoms with van der Waals surface area (Å²) < 4.78 is 1.96. The maximum absolute atomic E-state index is 11.1. The van der Waals surface area contributed by atoms with Crippen LogP contribution in [0.4, 0.5) is 0 Å². The molecule has 17 heavy (non-hydrogen) atoms. The molecule has 1 heterocycles. The number of carbonyl (C=O) groups is 1. The van der Waals surface area contributed by atoms with Crippen molar-refractivity contribution in [2.24, 2.45) is 0 Å². The highest BCUT2D eigenvalue weighted by Crippen LogP contribution is 2.34. The molecule has 1 aromatic heterocycles. The number of benzene rings is 1. The molecule has 0 aliphatic heterocycles. The Kier molecular flexibility index (Phi) is 3.45. The molecule has 0 saturated heterocycles. The van der Waals surface area contributed by atoms with E-state index in [0.717, 1.165) is 35.7 Å². The van der Waals surface area contributed by atoms with Crippen LogP contribution in [0.2, 0.25) is 10.2 Å². The van der Waals surface area contributed by atoms with Gasteiger partial charge in [0.2, 0.25) is 0 Å². The number of hydrogen-bond donors (Lipinski definition) is 0. The van der Waals surface area contributed by atoms with E-state index in [-0.39, 0.29) is 0 Å². The Bertz CT molecular complexity index is 587. The molecule has 1 aromatic carbocycles. The van der Waals surface area contributed by atoms with Gasteiger partial charge in [-0.25, -0.2) is 0 Å². The summed E-state index contributed by atoms with van der Waals surface area (Å²) in [6.07, 6.45) is 1.76. The second kappa shape index (κ2) is 4.71. The first kappa shape index (κ1) is 12.5. The third-order valence-corrected chi connectivity index (χ3v) is 3.77. The number of nitrogens with zero attached hydrogens (tertiary/aromatic N) is 1. The Morgan fingerprint density at radius 3 is 2.65 bits per heavy atom. The molecule has 0 aliphatic carbocycles. The quantitative estimate of drug-likeness (QED) is 0.754. The fraction of sp³-hybridized carbons (Fsp3) is 0.308. The zero-order chi connectivity index (χ0) is 12.6. The first-order chi connectivity index (χ1) is 8.11. The lowest BCUT2D eigenvalue weighted by Gasteiger charge is -2.08. The van der Waals surface area contributed by atoms with Gasteiger partial charge in [0.25, 0.3) is 0 Å². The van der Waals surface area contributed by atoms with Crippen molar-refractivity contribution in [1.82, 2.24) is 4.57 Å². The molecule has 0 fully saturated rings. The van der Waals surface area contributed by atoms with Crippen LogP contribution in [0.25, 0.3) is 10.9 Å². The van der Waals surface area contributed by atoms with Gasteiger partial charge in [-0.2, -0.15) is 0 Å². The van der Waals surface area contributed by atoms with Crippen LogP contribution in [0.5, 0.6) is 0 Å². The molecular weight excluding hydrogens is 257 g/mol. The number of halogens is 2. The van der Waals surface area contributed by atoms with Crippen molar-refractivity contribution in [3.63, 3.8) is 0 Å². The van der Waals surface area contributed by atoms with Gasteiger partial charge in [-0.1, -0.05) is 36.2 Å². The van der Waals surface area contributed by atoms with Crippen molar-refractivity contribution in [1.29, 1.82) is 0 Å². The minimum atomic E-state index is 0.502. The number of aldehydes is 1. The van der Waals surface area contributed by atoms with Gasteiger partial charge in [0, 0.05) is 17.0 Å². The van der Waals surface area contributed by atoms with Crippen LogP contribution >= 0.6 is 23.2 Å². The minimum absolute atomic E-state index is 0.502. The lowest BCUT2D eigenvalue weighted by Crippen LogP contribution is -1.98. The molecular formula is C13H13Cl2NO. The molecule has 0 amide bonds. The van der Waals surface area contributed by atoms with Crippen LogP contribution in [0.15, 0.2) is 12.1 Å². The van der Waals surface area contributed by atoms with Crippen LogP contribution in [0, 0.1) is 6.92 Å². The normalized spacial score (nSPS) is 11.1. The number of fused-ring (bicyclic) bond motifs is 1. The van der Waals surface area contributed by atoms with Crippen molar-refractivity contribution in [2.75, 3.05) is 0 Å². The lowest BCUT2D eigenvalue weighted by molar-refractivity contribution is 0.112. The standard InChI is InChI=1S/C13H13Cl2NO/c1-3-6-16-12-8(2)11(14)5-4-9(12)10(7-17)13(16)15/h4-5,7H,3,6H2,1-2H3. The van der Waals surface area contributed by atoms with E-state index in [1.165, 1.54) is 0 Å². The highest BCUT2D eigenvalue weighted by atomic mass is 35.5. The molecule has 0 N–H and O–H groups in total. The lowest BCUT2D eigenvalue weighted by atomic mass is 10.1. The average Bonchev–Trinajstić information content (AvgIpc) is 2.58. The van der Waals surface area contributed by atoms with Crippen LogP contribution in [0.1, 0.15) is 29.3 Å². The van der Waals surface area contributed by atoms with Gasteiger partial charge in [-0.15, -0.1) is 0 Å². The predicted molar refractivity (Wildman–Crippen MR) is 72.4 cm³/mol. The number of hydrogen-bond acceptors (Lipinski definition) is 1. The van der Waals surface area contributed by atoms with E-state index in [0.29, 0.717) is 15.7 Å². The number of carbonyl (C=O) groups excluding carboxylic acids is 1. The van der Waals surface area contributed by atoms with Crippen molar-refractivity contribution in [3.05, 3.63) is 33.4 Å². The third-order valence-electron chi connectivity index (χ3n) is 2.95.